The lowest BCUT2D eigenvalue weighted by molar-refractivity contribution is 0.601. The normalized spacial score (nSPS) is 11.1. The van der Waals surface area contributed by atoms with Gasteiger partial charge in [0.15, 0.2) is 0 Å². The zero-order valence-electron chi connectivity index (χ0n) is 10.6. The number of nitriles is 1. The summed E-state index contributed by atoms with van der Waals surface area (Å²) in [6, 6.07) is 10.4. The van der Waals surface area contributed by atoms with E-state index in [0.29, 0.717) is 12.1 Å². The molecule has 0 amide bonds. The Bertz CT molecular complexity index is 759. The summed E-state index contributed by atoms with van der Waals surface area (Å²) < 4.78 is 27.8. The zero-order valence-corrected chi connectivity index (χ0v) is 13.8. The Labute approximate surface area is 130 Å². The third-order valence-corrected chi connectivity index (χ3v) is 5.81. The van der Waals surface area contributed by atoms with Crippen molar-refractivity contribution in [1.29, 1.82) is 5.26 Å². The molecule has 0 atom stereocenters. The van der Waals surface area contributed by atoms with Gasteiger partial charge in [0.05, 0.1) is 16.3 Å². The number of halogens is 1. The van der Waals surface area contributed by atoms with Crippen LogP contribution >= 0.6 is 27.3 Å². The fraction of sp³-hybridized carbons (Fsp3) is 0.154. The molecule has 0 radical (unpaired) electrons. The number of hydrogen-bond acceptors (Lipinski definition) is 4. The van der Waals surface area contributed by atoms with Crippen LogP contribution in [0.3, 0.4) is 0 Å². The number of hydrogen-bond donors (Lipinski definition) is 1. The number of benzene rings is 1. The van der Waals surface area contributed by atoms with Crippen LogP contribution in [0.2, 0.25) is 0 Å². The van der Waals surface area contributed by atoms with E-state index in [-0.39, 0.29) is 4.90 Å². The average molecular weight is 371 g/mol. The van der Waals surface area contributed by atoms with Crippen LogP contribution in [0.4, 0.5) is 5.69 Å². The molecule has 104 valence electrons. The largest absolute Gasteiger partial charge is 0.280 e. The standard InChI is InChI=1S/C13H11BrN2O2S2/c1-9-12(8-13(14)19-9)20(17,18)16-11-4-2-10(3-5-11)6-7-15/h2-5,8,16H,6H2,1H3. The molecule has 0 bridgehead atoms. The molecular formula is C13H11BrN2O2S2. The Hall–Kier alpha value is -1.36. The summed E-state index contributed by atoms with van der Waals surface area (Å²) in [5.41, 5.74) is 1.33. The van der Waals surface area contributed by atoms with Gasteiger partial charge in [0.2, 0.25) is 0 Å². The quantitative estimate of drug-likeness (QED) is 0.891. The van der Waals surface area contributed by atoms with Gasteiger partial charge in [-0.25, -0.2) is 8.42 Å². The molecule has 0 saturated heterocycles. The van der Waals surface area contributed by atoms with Crippen molar-refractivity contribution in [2.45, 2.75) is 18.2 Å². The predicted octanol–water partition coefficient (Wildman–Crippen LogP) is 3.69. The van der Waals surface area contributed by atoms with Crippen molar-refractivity contribution >= 4 is 43.0 Å². The fourth-order valence-corrected chi connectivity index (χ4v) is 5.16. The molecule has 20 heavy (non-hydrogen) atoms. The van der Waals surface area contributed by atoms with E-state index in [2.05, 4.69) is 20.7 Å². The molecule has 4 nitrogen and oxygen atoms in total. The average Bonchev–Trinajstić information content (AvgIpc) is 2.72. The number of aryl methyl sites for hydroxylation is 1. The van der Waals surface area contributed by atoms with E-state index in [1.807, 2.05) is 6.07 Å². The maximum atomic E-state index is 12.3. The van der Waals surface area contributed by atoms with E-state index in [4.69, 9.17) is 5.26 Å². The molecule has 0 fully saturated rings. The second kappa shape index (κ2) is 5.95. The molecule has 0 unspecified atom stereocenters. The lowest BCUT2D eigenvalue weighted by atomic mass is 10.1. The van der Waals surface area contributed by atoms with Crippen LogP contribution < -0.4 is 4.72 Å². The van der Waals surface area contributed by atoms with Gasteiger partial charge < -0.3 is 0 Å². The second-order valence-corrected chi connectivity index (χ2v) is 8.39. The van der Waals surface area contributed by atoms with Gasteiger partial charge in [-0.1, -0.05) is 12.1 Å². The van der Waals surface area contributed by atoms with E-state index >= 15 is 0 Å². The van der Waals surface area contributed by atoms with Crippen LogP contribution in [0, 0.1) is 18.3 Å². The zero-order chi connectivity index (χ0) is 14.8. The van der Waals surface area contributed by atoms with Crippen LogP contribution in [-0.2, 0) is 16.4 Å². The van der Waals surface area contributed by atoms with Crippen molar-refractivity contribution in [2.24, 2.45) is 0 Å². The van der Waals surface area contributed by atoms with Crippen LogP contribution in [0.1, 0.15) is 10.4 Å². The Morgan fingerprint density at radius 1 is 1.35 bits per heavy atom. The van der Waals surface area contributed by atoms with Gasteiger partial charge >= 0.3 is 0 Å². The molecule has 0 aliphatic heterocycles. The number of sulfonamides is 1. The highest BCUT2D eigenvalue weighted by Gasteiger charge is 2.19. The molecule has 1 N–H and O–H groups in total. The molecule has 0 spiro atoms. The van der Waals surface area contributed by atoms with Gasteiger partial charge in [-0.3, -0.25) is 4.72 Å². The van der Waals surface area contributed by atoms with E-state index in [9.17, 15) is 8.42 Å². The van der Waals surface area contributed by atoms with Crippen molar-refractivity contribution in [1.82, 2.24) is 0 Å². The maximum Gasteiger partial charge on any atom is 0.263 e. The summed E-state index contributed by atoms with van der Waals surface area (Å²) in [4.78, 5) is 1.00. The first-order valence-electron chi connectivity index (χ1n) is 5.67. The summed E-state index contributed by atoms with van der Waals surface area (Å²) in [6.07, 6.45) is 0.309. The lowest BCUT2D eigenvalue weighted by Gasteiger charge is -2.07. The third-order valence-electron chi connectivity index (χ3n) is 2.62. The lowest BCUT2D eigenvalue weighted by Crippen LogP contribution is -2.13. The van der Waals surface area contributed by atoms with Crippen LogP contribution in [-0.4, -0.2) is 8.42 Å². The Balaban J connectivity index is 2.24. The minimum absolute atomic E-state index is 0.274. The molecule has 1 aromatic heterocycles. The van der Waals surface area contributed by atoms with Crippen molar-refractivity contribution in [3.63, 3.8) is 0 Å². The van der Waals surface area contributed by atoms with E-state index in [1.54, 1.807) is 37.3 Å². The van der Waals surface area contributed by atoms with Gasteiger partial charge in [0.1, 0.15) is 4.90 Å². The second-order valence-electron chi connectivity index (χ2n) is 4.11. The molecule has 0 saturated carbocycles. The van der Waals surface area contributed by atoms with Gasteiger partial charge in [0, 0.05) is 10.6 Å². The number of nitrogens with one attached hydrogen (secondary N) is 1. The number of thiophene rings is 1. The predicted molar refractivity (Wildman–Crippen MR) is 83.3 cm³/mol. The number of rotatable bonds is 4. The maximum absolute atomic E-state index is 12.3. The van der Waals surface area contributed by atoms with Crippen LogP contribution in [0.25, 0.3) is 0 Å². The molecule has 0 aliphatic rings. The summed E-state index contributed by atoms with van der Waals surface area (Å²) in [7, 11) is -3.58. The Morgan fingerprint density at radius 2 is 2.00 bits per heavy atom. The van der Waals surface area contributed by atoms with Crippen molar-refractivity contribution in [2.75, 3.05) is 4.72 Å². The summed E-state index contributed by atoms with van der Waals surface area (Å²) in [5.74, 6) is 0. The van der Waals surface area contributed by atoms with Crippen LogP contribution in [0.15, 0.2) is 39.0 Å². The molecule has 1 heterocycles. The Kier molecular flexibility index (Phi) is 4.48. The molecule has 7 heteroatoms. The number of anilines is 1. The molecule has 0 aliphatic carbocycles. The summed E-state index contributed by atoms with van der Waals surface area (Å²) in [6.45, 7) is 1.76. The molecule has 2 rings (SSSR count). The first-order valence-corrected chi connectivity index (χ1v) is 8.76. The van der Waals surface area contributed by atoms with Gasteiger partial charge in [-0.2, -0.15) is 5.26 Å². The highest BCUT2D eigenvalue weighted by atomic mass is 79.9. The minimum atomic E-state index is -3.58. The van der Waals surface area contributed by atoms with Gasteiger partial charge in [-0.15, -0.1) is 11.3 Å². The van der Waals surface area contributed by atoms with Crippen molar-refractivity contribution in [3.8, 4) is 6.07 Å². The Morgan fingerprint density at radius 3 is 2.50 bits per heavy atom. The molecule has 1 aromatic carbocycles. The number of nitrogens with zero attached hydrogens (tertiary/aromatic N) is 1. The first kappa shape index (κ1) is 15.0. The highest BCUT2D eigenvalue weighted by Crippen LogP contribution is 2.30. The highest BCUT2D eigenvalue weighted by molar-refractivity contribution is 9.11. The van der Waals surface area contributed by atoms with E-state index in [1.165, 1.54) is 11.3 Å². The first-order chi connectivity index (χ1) is 9.42. The smallest absolute Gasteiger partial charge is 0.263 e. The molecule has 2 aromatic rings. The monoisotopic (exact) mass is 370 g/mol. The third kappa shape index (κ3) is 3.39. The summed E-state index contributed by atoms with van der Waals surface area (Å²) in [5, 5.41) is 8.59. The topological polar surface area (TPSA) is 70.0 Å². The summed E-state index contributed by atoms with van der Waals surface area (Å²) >= 11 is 4.66. The minimum Gasteiger partial charge on any atom is -0.280 e. The molecular weight excluding hydrogens is 360 g/mol. The van der Waals surface area contributed by atoms with Crippen molar-refractivity contribution in [3.05, 3.63) is 44.6 Å². The van der Waals surface area contributed by atoms with E-state index < -0.39 is 10.0 Å². The fourth-order valence-electron chi connectivity index (χ4n) is 1.69. The van der Waals surface area contributed by atoms with Crippen LogP contribution in [0.5, 0.6) is 0 Å². The SMILES string of the molecule is Cc1sc(Br)cc1S(=O)(=O)Nc1ccc(CC#N)cc1. The van der Waals surface area contributed by atoms with E-state index in [0.717, 1.165) is 14.2 Å². The van der Waals surface area contributed by atoms with Gasteiger partial charge in [0.25, 0.3) is 10.0 Å². The van der Waals surface area contributed by atoms with Gasteiger partial charge in [-0.05, 0) is 46.6 Å². The van der Waals surface area contributed by atoms with Crippen molar-refractivity contribution < 1.29 is 8.42 Å².